The van der Waals surface area contributed by atoms with Gasteiger partial charge in [0.25, 0.3) is 5.91 Å². The summed E-state index contributed by atoms with van der Waals surface area (Å²) in [7, 11) is 0. The number of hydrogen-bond acceptors (Lipinski definition) is 6. The van der Waals surface area contributed by atoms with Crippen molar-refractivity contribution in [1.82, 2.24) is 15.2 Å². The van der Waals surface area contributed by atoms with Gasteiger partial charge in [0.2, 0.25) is 5.95 Å². The molecular weight excluding hydrogens is 264 g/mol. The van der Waals surface area contributed by atoms with Crippen LogP contribution < -0.4 is 5.32 Å². The summed E-state index contributed by atoms with van der Waals surface area (Å²) in [4.78, 5) is 17.0. The summed E-state index contributed by atoms with van der Waals surface area (Å²) >= 11 is 1.27. The van der Waals surface area contributed by atoms with E-state index in [9.17, 15) is 4.79 Å². The van der Waals surface area contributed by atoms with E-state index in [0.717, 1.165) is 4.88 Å². The second-order valence-electron chi connectivity index (χ2n) is 3.36. The summed E-state index contributed by atoms with van der Waals surface area (Å²) in [6, 6.07) is 3.44. The van der Waals surface area contributed by atoms with Gasteiger partial charge in [0.1, 0.15) is 0 Å². The fourth-order valence-electron chi connectivity index (χ4n) is 1.20. The van der Waals surface area contributed by atoms with Crippen LogP contribution in [0.15, 0.2) is 24.5 Å². The van der Waals surface area contributed by atoms with Crippen LogP contribution >= 0.6 is 11.3 Å². The third-order valence-electron chi connectivity index (χ3n) is 1.99. The number of thiophene rings is 1. The van der Waals surface area contributed by atoms with Gasteiger partial charge >= 0.3 is 0 Å². The van der Waals surface area contributed by atoms with Gasteiger partial charge in [-0.25, -0.2) is 4.98 Å². The molecule has 0 aliphatic rings. The average Bonchev–Trinajstić information content (AvgIpc) is 2.89. The molecule has 2 N–H and O–H groups in total. The van der Waals surface area contributed by atoms with Gasteiger partial charge in [0, 0.05) is 6.42 Å². The minimum Gasteiger partial charge on any atom is -0.395 e. The number of carbonyl (C=O) groups is 1. The Kier molecular flexibility index (Phi) is 4.55. The van der Waals surface area contributed by atoms with E-state index in [1.165, 1.54) is 23.7 Å². The van der Waals surface area contributed by atoms with Crippen molar-refractivity contribution in [1.29, 1.82) is 0 Å². The molecule has 0 aliphatic heterocycles. The molecule has 0 saturated carbocycles. The van der Waals surface area contributed by atoms with Crippen LogP contribution in [0.5, 0.6) is 0 Å². The zero-order valence-corrected chi connectivity index (χ0v) is 10.6. The highest BCUT2D eigenvalue weighted by atomic mass is 32.1. The Balaban J connectivity index is 2.03. The summed E-state index contributed by atoms with van der Waals surface area (Å²) in [5.74, 6) is 5.53. The Morgan fingerprint density at radius 3 is 3.05 bits per heavy atom. The van der Waals surface area contributed by atoms with E-state index >= 15 is 0 Å². The van der Waals surface area contributed by atoms with E-state index in [4.69, 9.17) is 5.11 Å². The number of amides is 1. The maximum atomic E-state index is 11.9. The number of aliphatic hydroxyl groups is 1. The smallest absolute Gasteiger partial charge is 0.268 e. The molecule has 6 nitrogen and oxygen atoms in total. The molecule has 1 amide bonds. The summed E-state index contributed by atoms with van der Waals surface area (Å²) in [6.45, 7) is 0.0318. The molecule has 0 spiro atoms. The van der Waals surface area contributed by atoms with Crippen molar-refractivity contribution >= 4 is 23.2 Å². The lowest BCUT2D eigenvalue weighted by atomic mass is 10.4. The van der Waals surface area contributed by atoms with Crippen molar-refractivity contribution in [3.63, 3.8) is 0 Å². The zero-order valence-electron chi connectivity index (χ0n) is 9.83. The SMILES string of the molecule is O=C(Nc1nccnn1)c1ccc(C#CCCO)s1. The van der Waals surface area contributed by atoms with Gasteiger partial charge in [-0.15, -0.1) is 16.4 Å². The highest BCUT2D eigenvalue weighted by molar-refractivity contribution is 7.14. The highest BCUT2D eigenvalue weighted by Gasteiger charge is 2.10. The number of hydrogen-bond donors (Lipinski definition) is 2. The first-order valence-electron chi connectivity index (χ1n) is 5.44. The monoisotopic (exact) mass is 274 g/mol. The number of nitrogens with one attached hydrogen (secondary N) is 1. The first kappa shape index (κ1) is 13.1. The Bertz CT molecular complexity index is 615. The Morgan fingerprint density at radius 2 is 2.32 bits per heavy atom. The number of aromatic nitrogens is 3. The zero-order chi connectivity index (χ0) is 13.5. The van der Waals surface area contributed by atoms with Gasteiger partial charge in [-0.05, 0) is 12.1 Å². The number of aliphatic hydroxyl groups excluding tert-OH is 1. The fourth-order valence-corrected chi connectivity index (χ4v) is 1.98. The molecule has 0 radical (unpaired) electrons. The maximum absolute atomic E-state index is 11.9. The predicted molar refractivity (Wildman–Crippen MR) is 70.7 cm³/mol. The van der Waals surface area contributed by atoms with Crippen LogP contribution in [0, 0.1) is 11.8 Å². The highest BCUT2D eigenvalue weighted by Crippen LogP contribution is 2.16. The minimum absolute atomic E-state index is 0.0318. The number of rotatable bonds is 3. The second kappa shape index (κ2) is 6.58. The van der Waals surface area contributed by atoms with Gasteiger partial charge in [-0.1, -0.05) is 11.8 Å². The summed E-state index contributed by atoms with van der Waals surface area (Å²) in [6.07, 6.45) is 3.29. The fraction of sp³-hybridized carbons (Fsp3) is 0.167. The Labute approximate surface area is 113 Å². The van der Waals surface area contributed by atoms with Crippen molar-refractivity contribution < 1.29 is 9.90 Å². The van der Waals surface area contributed by atoms with E-state index in [1.807, 2.05) is 0 Å². The van der Waals surface area contributed by atoms with Crippen LogP contribution in [-0.4, -0.2) is 32.8 Å². The minimum atomic E-state index is -0.298. The van der Waals surface area contributed by atoms with Crippen molar-refractivity contribution in [2.45, 2.75) is 6.42 Å². The number of anilines is 1. The number of carbonyl (C=O) groups excluding carboxylic acids is 1. The molecule has 2 aromatic heterocycles. The standard InChI is InChI=1S/C12H10N4O2S/c17-8-2-1-3-9-4-5-10(19-9)11(18)15-12-13-6-7-14-16-12/h4-7,17H,2,8H2,(H,13,15,16,18). The topological polar surface area (TPSA) is 88.0 Å². The summed E-state index contributed by atoms with van der Waals surface area (Å²) in [5.41, 5.74) is 0. The normalized spacial score (nSPS) is 9.53. The molecule has 19 heavy (non-hydrogen) atoms. The second-order valence-corrected chi connectivity index (χ2v) is 4.44. The van der Waals surface area contributed by atoms with Gasteiger partial charge in [0.15, 0.2) is 0 Å². The lowest BCUT2D eigenvalue weighted by Crippen LogP contribution is -2.12. The number of nitrogens with zero attached hydrogens (tertiary/aromatic N) is 3. The molecule has 2 rings (SSSR count). The maximum Gasteiger partial charge on any atom is 0.268 e. The van der Waals surface area contributed by atoms with Crippen LogP contribution in [0.2, 0.25) is 0 Å². The third kappa shape index (κ3) is 3.84. The van der Waals surface area contributed by atoms with Crippen molar-refractivity contribution in [3.05, 3.63) is 34.3 Å². The largest absolute Gasteiger partial charge is 0.395 e. The van der Waals surface area contributed by atoms with Crippen LogP contribution in [0.25, 0.3) is 0 Å². The predicted octanol–water partition coefficient (Wildman–Crippen LogP) is 0.919. The molecule has 0 unspecified atom stereocenters. The first-order valence-corrected chi connectivity index (χ1v) is 6.26. The van der Waals surface area contributed by atoms with Crippen molar-refractivity contribution in [2.24, 2.45) is 0 Å². The van der Waals surface area contributed by atoms with E-state index < -0.39 is 0 Å². The van der Waals surface area contributed by atoms with Gasteiger partial charge in [-0.3, -0.25) is 10.1 Å². The first-order chi connectivity index (χ1) is 9.29. The molecule has 0 aromatic carbocycles. The lowest BCUT2D eigenvalue weighted by Gasteiger charge is -1.98. The van der Waals surface area contributed by atoms with Crippen molar-refractivity contribution in [3.8, 4) is 11.8 Å². The molecule has 0 bridgehead atoms. The molecule has 0 atom stereocenters. The quantitative estimate of drug-likeness (QED) is 0.813. The Morgan fingerprint density at radius 1 is 1.42 bits per heavy atom. The molecule has 2 heterocycles. The molecule has 2 aromatic rings. The van der Waals surface area contributed by atoms with Gasteiger partial charge in [0.05, 0.1) is 28.8 Å². The summed E-state index contributed by atoms with van der Waals surface area (Å²) < 4.78 is 0. The third-order valence-corrected chi connectivity index (χ3v) is 2.99. The van der Waals surface area contributed by atoms with Crippen LogP contribution in [0.3, 0.4) is 0 Å². The van der Waals surface area contributed by atoms with Gasteiger partial charge < -0.3 is 5.11 Å². The van der Waals surface area contributed by atoms with Gasteiger partial charge in [-0.2, -0.15) is 5.10 Å². The van der Waals surface area contributed by atoms with Crippen molar-refractivity contribution in [2.75, 3.05) is 11.9 Å². The van der Waals surface area contributed by atoms with Crippen LogP contribution in [-0.2, 0) is 0 Å². The molecule has 0 saturated heterocycles. The lowest BCUT2D eigenvalue weighted by molar-refractivity contribution is 0.102. The molecule has 7 heteroatoms. The van der Waals surface area contributed by atoms with Crippen LogP contribution in [0.1, 0.15) is 21.0 Å². The molecule has 96 valence electrons. The van der Waals surface area contributed by atoms with E-state index in [1.54, 1.807) is 12.1 Å². The van der Waals surface area contributed by atoms with E-state index in [2.05, 4.69) is 32.3 Å². The van der Waals surface area contributed by atoms with E-state index in [0.29, 0.717) is 11.3 Å². The molecule has 0 aliphatic carbocycles. The summed E-state index contributed by atoms with van der Waals surface area (Å²) in [5, 5.41) is 18.4. The Hall–Kier alpha value is -2.30. The average molecular weight is 274 g/mol. The molecule has 0 fully saturated rings. The van der Waals surface area contributed by atoms with Crippen LogP contribution in [0.4, 0.5) is 5.95 Å². The molecular formula is C12H10N4O2S. The van der Waals surface area contributed by atoms with E-state index in [-0.39, 0.29) is 18.5 Å².